The third-order valence-electron chi connectivity index (χ3n) is 1.92. The Bertz CT molecular complexity index is 362. The molecule has 1 aliphatic heterocycles. The van der Waals surface area contributed by atoms with E-state index in [1.54, 1.807) is 6.07 Å². The van der Waals surface area contributed by atoms with Crippen LogP contribution in [-0.4, -0.2) is 5.91 Å². The predicted octanol–water partition coefficient (Wildman–Crippen LogP) is 1.27. The van der Waals surface area contributed by atoms with Gasteiger partial charge in [0.1, 0.15) is 0 Å². The zero-order valence-corrected chi connectivity index (χ0v) is 7.81. The van der Waals surface area contributed by atoms with Crippen molar-refractivity contribution < 1.29 is 4.79 Å². The summed E-state index contributed by atoms with van der Waals surface area (Å²) in [5, 5.41) is 2.73. The fraction of sp³-hybridized carbons (Fsp3) is 0.125. The molecule has 0 aliphatic carbocycles. The van der Waals surface area contributed by atoms with E-state index in [1.807, 2.05) is 6.07 Å². The molecule has 0 spiro atoms. The summed E-state index contributed by atoms with van der Waals surface area (Å²) in [6.45, 7) is 0.604. The summed E-state index contributed by atoms with van der Waals surface area (Å²) in [4.78, 5) is 11.2. The highest BCUT2D eigenvalue weighted by molar-refractivity contribution is 9.10. The minimum absolute atomic E-state index is 0.0517. The van der Waals surface area contributed by atoms with Crippen LogP contribution in [0.2, 0.25) is 0 Å². The van der Waals surface area contributed by atoms with E-state index in [1.165, 1.54) is 0 Å². The molecule has 0 saturated heterocycles. The molecule has 3 N–H and O–H groups in total. The molecule has 1 aromatic carbocycles. The van der Waals surface area contributed by atoms with E-state index in [0.717, 1.165) is 5.56 Å². The number of nitrogens with one attached hydrogen (secondary N) is 1. The molecule has 1 amide bonds. The van der Waals surface area contributed by atoms with E-state index in [9.17, 15) is 4.79 Å². The van der Waals surface area contributed by atoms with Crippen LogP contribution in [-0.2, 0) is 6.54 Å². The van der Waals surface area contributed by atoms with Gasteiger partial charge in [0.2, 0.25) is 0 Å². The molecule has 62 valence electrons. The minimum Gasteiger partial charge on any atom is -0.398 e. The fourth-order valence-electron chi connectivity index (χ4n) is 1.29. The van der Waals surface area contributed by atoms with Crippen LogP contribution < -0.4 is 11.1 Å². The van der Waals surface area contributed by atoms with Gasteiger partial charge < -0.3 is 11.1 Å². The smallest absolute Gasteiger partial charge is 0.253 e. The molecule has 1 aromatic rings. The Morgan fingerprint density at radius 3 is 3.00 bits per heavy atom. The second-order valence-corrected chi connectivity index (χ2v) is 3.48. The van der Waals surface area contributed by atoms with Crippen LogP contribution in [0.3, 0.4) is 0 Å². The SMILES string of the molecule is Nc1ccc2c(c1Br)C(=O)NC2. The fourth-order valence-corrected chi connectivity index (χ4v) is 1.86. The van der Waals surface area contributed by atoms with Crippen molar-refractivity contribution in [2.45, 2.75) is 6.54 Å². The molecular formula is C8H7BrN2O. The monoisotopic (exact) mass is 226 g/mol. The average molecular weight is 227 g/mol. The van der Waals surface area contributed by atoms with Crippen LogP contribution in [0.25, 0.3) is 0 Å². The van der Waals surface area contributed by atoms with Gasteiger partial charge in [-0.1, -0.05) is 6.07 Å². The van der Waals surface area contributed by atoms with Crippen molar-refractivity contribution in [3.63, 3.8) is 0 Å². The maximum absolute atomic E-state index is 11.2. The van der Waals surface area contributed by atoms with Gasteiger partial charge in [0.05, 0.1) is 10.0 Å². The maximum atomic E-state index is 11.2. The first-order valence-electron chi connectivity index (χ1n) is 3.55. The third kappa shape index (κ3) is 0.914. The lowest BCUT2D eigenvalue weighted by Gasteiger charge is -2.01. The average Bonchev–Trinajstić information content (AvgIpc) is 2.41. The number of nitrogen functional groups attached to an aromatic ring is 1. The largest absolute Gasteiger partial charge is 0.398 e. The zero-order chi connectivity index (χ0) is 8.72. The van der Waals surface area contributed by atoms with Crippen molar-refractivity contribution in [3.8, 4) is 0 Å². The molecule has 0 saturated carbocycles. The molecule has 0 aromatic heterocycles. The van der Waals surface area contributed by atoms with Crippen molar-refractivity contribution in [1.29, 1.82) is 0 Å². The summed E-state index contributed by atoms with van der Waals surface area (Å²) in [5.74, 6) is -0.0517. The van der Waals surface area contributed by atoms with Crippen molar-refractivity contribution in [2.75, 3.05) is 5.73 Å². The Labute approximate surface area is 78.1 Å². The van der Waals surface area contributed by atoms with Crippen LogP contribution in [0.4, 0.5) is 5.69 Å². The molecule has 0 radical (unpaired) electrons. The lowest BCUT2D eigenvalue weighted by atomic mass is 10.1. The Balaban J connectivity index is 2.71. The molecule has 0 atom stereocenters. The molecular weight excluding hydrogens is 220 g/mol. The van der Waals surface area contributed by atoms with Gasteiger partial charge in [0, 0.05) is 12.2 Å². The van der Waals surface area contributed by atoms with Crippen LogP contribution in [0.1, 0.15) is 15.9 Å². The summed E-state index contributed by atoms with van der Waals surface area (Å²) in [6.07, 6.45) is 0. The number of anilines is 1. The second-order valence-electron chi connectivity index (χ2n) is 2.69. The van der Waals surface area contributed by atoms with Crippen molar-refractivity contribution in [2.24, 2.45) is 0 Å². The number of rotatable bonds is 0. The number of fused-ring (bicyclic) bond motifs is 1. The first-order chi connectivity index (χ1) is 5.70. The highest BCUT2D eigenvalue weighted by atomic mass is 79.9. The first kappa shape index (κ1) is 7.61. The van der Waals surface area contributed by atoms with Crippen LogP contribution in [0.5, 0.6) is 0 Å². The number of amides is 1. The Hall–Kier alpha value is -1.03. The van der Waals surface area contributed by atoms with E-state index in [2.05, 4.69) is 21.2 Å². The van der Waals surface area contributed by atoms with Crippen LogP contribution in [0.15, 0.2) is 16.6 Å². The predicted molar refractivity (Wildman–Crippen MR) is 49.7 cm³/mol. The summed E-state index contributed by atoms with van der Waals surface area (Å²) < 4.78 is 0.704. The van der Waals surface area contributed by atoms with Crippen molar-refractivity contribution in [1.82, 2.24) is 5.32 Å². The van der Waals surface area contributed by atoms with Gasteiger partial charge in [-0.15, -0.1) is 0 Å². The molecule has 1 heterocycles. The van der Waals surface area contributed by atoms with Gasteiger partial charge in [-0.3, -0.25) is 4.79 Å². The normalized spacial score (nSPS) is 14.2. The molecule has 0 bridgehead atoms. The Morgan fingerprint density at radius 1 is 1.50 bits per heavy atom. The molecule has 3 nitrogen and oxygen atoms in total. The lowest BCUT2D eigenvalue weighted by molar-refractivity contribution is 0.0965. The van der Waals surface area contributed by atoms with E-state index >= 15 is 0 Å². The quantitative estimate of drug-likeness (QED) is 0.656. The Morgan fingerprint density at radius 2 is 2.25 bits per heavy atom. The molecule has 4 heteroatoms. The molecule has 12 heavy (non-hydrogen) atoms. The molecule has 0 unspecified atom stereocenters. The van der Waals surface area contributed by atoms with E-state index in [4.69, 9.17) is 5.73 Å². The summed E-state index contributed by atoms with van der Waals surface area (Å²) >= 11 is 3.29. The zero-order valence-electron chi connectivity index (χ0n) is 6.23. The highest BCUT2D eigenvalue weighted by Gasteiger charge is 2.22. The van der Waals surface area contributed by atoms with Gasteiger partial charge >= 0.3 is 0 Å². The Kier molecular flexibility index (Phi) is 1.58. The van der Waals surface area contributed by atoms with Gasteiger partial charge in [-0.05, 0) is 27.6 Å². The van der Waals surface area contributed by atoms with Crippen LogP contribution >= 0.6 is 15.9 Å². The lowest BCUT2D eigenvalue weighted by Crippen LogP contribution is -2.12. The number of hydrogen-bond donors (Lipinski definition) is 2. The summed E-state index contributed by atoms with van der Waals surface area (Å²) in [6, 6.07) is 3.66. The third-order valence-corrected chi connectivity index (χ3v) is 2.78. The second kappa shape index (κ2) is 2.48. The highest BCUT2D eigenvalue weighted by Crippen LogP contribution is 2.29. The summed E-state index contributed by atoms with van der Waals surface area (Å²) in [5.41, 5.74) is 7.91. The maximum Gasteiger partial charge on any atom is 0.253 e. The summed E-state index contributed by atoms with van der Waals surface area (Å²) in [7, 11) is 0. The van der Waals surface area contributed by atoms with Crippen molar-refractivity contribution in [3.05, 3.63) is 27.7 Å². The minimum atomic E-state index is -0.0517. The molecule has 1 aliphatic rings. The van der Waals surface area contributed by atoms with Crippen LogP contribution in [0, 0.1) is 0 Å². The number of nitrogens with two attached hydrogens (primary N) is 1. The standard InChI is InChI=1S/C8H7BrN2O/c9-7-5(10)2-1-4-3-11-8(12)6(4)7/h1-2H,3,10H2,(H,11,12). The number of carbonyl (C=O) groups is 1. The molecule has 2 rings (SSSR count). The topological polar surface area (TPSA) is 55.1 Å². The molecule has 0 fully saturated rings. The van der Waals surface area contributed by atoms with Gasteiger partial charge in [0.25, 0.3) is 5.91 Å². The first-order valence-corrected chi connectivity index (χ1v) is 4.34. The van der Waals surface area contributed by atoms with E-state index in [-0.39, 0.29) is 5.91 Å². The number of hydrogen-bond acceptors (Lipinski definition) is 2. The number of benzene rings is 1. The van der Waals surface area contributed by atoms with E-state index < -0.39 is 0 Å². The van der Waals surface area contributed by atoms with Gasteiger partial charge in [0.15, 0.2) is 0 Å². The number of halogens is 1. The van der Waals surface area contributed by atoms with Gasteiger partial charge in [-0.25, -0.2) is 0 Å². The van der Waals surface area contributed by atoms with E-state index in [0.29, 0.717) is 22.3 Å². The number of carbonyl (C=O) groups excluding carboxylic acids is 1. The van der Waals surface area contributed by atoms with Gasteiger partial charge in [-0.2, -0.15) is 0 Å². The van der Waals surface area contributed by atoms with Crippen molar-refractivity contribution >= 4 is 27.5 Å².